The van der Waals surface area contributed by atoms with Crippen molar-refractivity contribution in [3.05, 3.63) is 35.1 Å². The van der Waals surface area contributed by atoms with Crippen molar-refractivity contribution in [2.75, 3.05) is 6.54 Å². The number of nitriles is 1. The number of hydrogen-bond donors (Lipinski definition) is 2. The van der Waals surface area contributed by atoms with E-state index in [-0.39, 0.29) is 12.4 Å². The van der Waals surface area contributed by atoms with Gasteiger partial charge in [-0.1, -0.05) is 12.1 Å². The summed E-state index contributed by atoms with van der Waals surface area (Å²) >= 11 is 0. The first-order chi connectivity index (χ1) is 8.95. The van der Waals surface area contributed by atoms with Crippen molar-refractivity contribution in [3.63, 3.8) is 0 Å². The zero-order valence-electron chi connectivity index (χ0n) is 10.7. The van der Waals surface area contributed by atoms with E-state index in [1.54, 1.807) is 32.0 Å². The second-order valence-corrected chi connectivity index (χ2v) is 4.04. The fourth-order valence-corrected chi connectivity index (χ4v) is 1.42. The maximum atomic E-state index is 13.4. The predicted octanol–water partition coefficient (Wildman–Crippen LogP) is 0.951. The van der Waals surface area contributed by atoms with E-state index in [0.29, 0.717) is 11.1 Å². The molecular formula is C13H14FN3O2. The van der Waals surface area contributed by atoms with Gasteiger partial charge in [0.1, 0.15) is 12.4 Å². The van der Waals surface area contributed by atoms with Gasteiger partial charge in [0, 0.05) is 0 Å². The number of nitrogens with zero attached hydrogens (tertiary/aromatic N) is 1. The number of aryl methyl sites for hydroxylation is 1. The molecule has 2 N–H and O–H groups in total. The van der Waals surface area contributed by atoms with E-state index in [2.05, 4.69) is 10.6 Å². The SMILES string of the molecule is Cc1ccc(C(C)NC(=O)C(=O)NCC#N)cc1F. The van der Waals surface area contributed by atoms with Crippen LogP contribution in [0.4, 0.5) is 4.39 Å². The highest BCUT2D eigenvalue weighted by molar-refractivity contribution is 6.35. The molecule has 0 bridgehead atoms. The summed E-state index contributed by atoms with van der Waals surface area (Å²) < 4.78 is 13.4. The van der Waals surface area contributed by atoms with Gasteiger partial charge in [-0.15, -0.1) is 0 Å². The number of halogens is 1. The molecule has 0 aromatic heterocycles. The van der Waals surface area contributed by atoms with Crippen molar-refractivity contribution in [1.82, 2.24) is 10.6 Å². The van der Waals surface area contributed by atoms with E-state index >= 15 is 0 Å². The van der Waals surface area contributed by atoms with Crippen LogP contribution in [0.15, 0.2) is 18.2 Å². The Morgan fingerprint density at radius 3 is 2.68 bits per heavy atom. The molecule has 2 amide bonds. The lowest BCUT2D eigenvalue weighted by Gasteiger charge is -2.14. The fraction of sp³-hybridized carbons (Fsp3) is 0.308. The molecule has 19 heavy (non-hydrogen) atoms. The number of rotatable bonds is 3. The van der Waals surface area contributed by atoms with Gasteiger partial charge < -0.3 is 10.6 Å². The second-order valence-electron chi connectivity index (χ2n) is 4.04. The van der Waals surface area contributed by atoms with Gasteiger partial charge in [-0.2, -0.15) is 5.26 Å². The first-order valence-electron chi connectivity index (χ1n) is 5.67. The fourth-order valence-electron chi connectivity index (χ4n) is 1.42. The van der Waals surface area contributed by atoms with Crippen molar-refractivity contribution in [2.45, 2.75) is 19.9 Å². The molecule has 1 unspecified atom stereocenters. The van der Waals surface area contributed by atoms with Gasteiger partial charge in [-0.05, 0) is 31.0 Å². The Morgan fingerprint density at radius 1 is 1.42 bits per heavy atom. The van der Waals surface area contributed by atoms with Crippen LogP contribution in [0.5, 0.6) is 0 Å². The molecule has 0 heterocycles. The lowest BCUT2D eigenvalue weighted by molar-refractivity contribution is -0.139. The van der Waals surface area contributed by atoms with E-state index in [1.807, 2.05) is 0 Å². The number of amides is 2. The highest BCUT2D eigenvalue weighted by Crippen LogP contribution is 2.16. The molecule has 1 aromatic rings. The molecule has 1 atom stereocenters. The number of carbonyl (C=O) groups is 2. The predicted molar refractivity (Wildman–Crippen MR) is 66.3 cm³/mol. The summed E-state index contributed by atoms with van der Waals surface area (Å²) in [5, 5.41) is 12.8. The zero-order chi connectivity index (χ0) is 14.4. The van der Waals surface area contributed by atoms with Gasteiger partial charge in [-0.25, -0.2) is 4.39 Å². The number of hydrogen-bond acceptors (Lipinski definition) is 3. The molecule has 1 aromatic carbocycles. The third kappa shape index (κ3) is 4.07. The Balaban J connectivity index is 2.66. The summed E-state index contributed by atoms with van der Waals surface area (Å²) in [6, 6.07) is 5.78. The first-order valence-corrected chi connectivity index (χ1v) is 5.67. The standard InChI is InChI=1S/C13H14FN3O2/c1-8-3-4-10(7-11(8)14)9(2)17-13(19)12(18)16-6-5-15/h3-4,7,9H,6H2,1-2H3,(H,16,18)(H,17,19). The van der Waals surface area contributed by atoms with Crippen LogP contribution in [0.3, 0.4) is 0 Å². The molecule has 0 aliphatic rings. The van der Waals surface area contributed by atoms with Gasteiger partial charge in [0.15, 0.2) is 0 Å². The molecular weight excluding hydrogens is 249 g/mol. The summed E-state index contributed by atoms with van der Waals surface area (Å²) in [5.41, 5.74) is 1.07. The molecule has 0 aliphatic carbocycles. The quantitative estimate of drug-likeness (QED) is 0.629. The molecule has 0 aliphatic heterocycles. The molecule has 1 rings (SSSR count). The van der Waals surface area contributed by atoms with E-state index in [0.717, 1.165) is 0 Å². The molecule has 0 saturated carbocycles. The van der Waals surface area contributed by atoms with Gasteiger partial charge in [0.25, 0.3) is 0 Å². The normalized spacial score (nSPS) is 11.3. The first kappa shape index (κ1) is 14.6. The van der Waals surface area contributed by atoms with Gasteiger partial charge in [0.05, 0.1) is 12.1 Å². The Morgan fingerprint density at radius 2 is 2.11 bits per heavy atom. The molecule has 0 fully saturated rings. The summed E-state index contributed by atoms with van der Waals surface area (Å²) in [4.78, 5) is 22.7. The third-order valence-electron chi connectivity index (χ3n) is 2.58. The van der Waals surface area contributed by atoms with Crippen LogP contribution < -0.4 is 10.6 Å². The maximum Gasteiger partial charge on any atom is 0.310 e. The lowest BCUT2D eigenvalue weighted by atomic mass is 10.1. The molecule has 100 valence electrons. The smallest absolute Gasteiger partial charge is 0.310 e. The molecule has 0 radical (unpaired) electrons. The summed E-state index contributed by atoms with van der Waals surface area (Å²) in [6.07, 6.45) is 0. The van der Waals surface area contributed by atoms with Gasteiger partial charge >= 0.3 is 11.8 Å². The molecule has 0 saturated heterocycles. The second kappa shape index (κ2) is 6.50. The Labute approximate surface area is 110 Å². The minimum atomic E-state index is -0.888. The maximum absolute atomic E-state index is 13.4. The van der Waals surface area contributed by atoms with E-state index in [9.17, 15) is 14.0 Å². The minimum absolute atomic E-state index is 0.236. The number of benzene rings is 1. The monoisotopic (exact) mass is 263 g/mol. The number of nitrogens with one attached hydrogen (secondary N) is 2. The van der Waals surface area contributed by atoms with Crippen molar-refractivity contribution >= 4 is 11.8 Å². The van der Waals surface area contributed by atoms with Gasteiger partial charge in [-0.3, -0.25) is 9.59 Å². The molecule has 6 heteroatoms. The van der Waals surface area contributed by atoms with Crippen LogP contribution >= 0.6 is 0 Å². The minimum Gasteiger partial charge on any atom is -0.341 e. The number of carbonyl (C=O) groups excluding carboxylic acids is 2. The zero-order valence-corrected chi connectivity index (χ0v) is 10.7. The lowest BCUT2D eigenvalue weighted by Crippen LogP contribution is -2.41. The Bertz CT molecular complexity index is 537. The van der Waals surface area contributed by atoms with Crippen LogP contribution in [0.25, 0.3) is 0 Å². The van der Waals surface area contributed by atoms with Crippen molar-refractivity contribution in [1.29, 1.82) is 5.26 Å². The van der Waals surface area contributed by atoms with Crippen LogP contribution in [0.2, 0.25) is 0 Å². The average Bonchev–Trinajstić information content (AvgIpc) is 2.38. The summed E-state index contributed by atoms with van der Waals surface area (Å²) in [5.74, 6) is -2.11. The summed E-state index contributed by atoms with van der Waals surface area (Å²) in [6.45, 7) is 3.04. The third-order valence-corrected chi connectivity index (χ3v) is 2.58. The largest absolute Gasteiger partial charge is 0.341 e. The van der Waals surface area contributed by atoms with E-state index in [1.165, 1.54) is 6.07 Å². The van der Waals surface area contributed by atoms with Crippen molar-refractivity contribution in [2.24, 2.45) is 0 Å². The van der Waals surface area contributed by atoms with Crippen LogP contribution in [0.1, 0.15) is 24.1 Å². The highest BCUT2D eigenvalue weighted by Gasteiger charge is 2.16. The Hall–Kier alpha value is -2.42. The van der Waals surface area contributed by atoms with Crippen molar-refractivity contribution in [3.8, 4) is 6.07 Å². The van der Waals surface area contributed by atoms with Crippen LogP contribution in [-0.4, -0.2) is 18.4 Å². The summed E-state index contributed by atoms with van der Waals surface area (Å²) in [7, 11) is 0. The molecule has 5 nitrogen and oxygen atoms in total. The van der Waals surface area contributed by atoms with Crippen LogP contribution in [-0.2, 0) is 9.59 Å². The van der Waals surface area contributed by atoms with E-state index < -0.39 is 17.9 Å². The van der Waals surface area contributed by atoms with E-state index in [4.69, 9.17) is 5.26 Å². The van der Waals surface area contributed by atoms with Crippen molar-refractivity contribution < 1.29 is 14.0 Å². The van der Waals surface area contributed by atoms with Crippen LogP contribution in [0, 0.1) is 24.1 Å². The topological polar surface area (TPSA) is 82.0 Å². The van der Waals surface area contributed by atoms with Gasteiger partial charge in [0.2, 0.25) is 0 Å². The highest BCUT2D eigenvalue weighted by atomic mass is 19.1. The molecule has 0 spiro atoms. The average molecular weight is 263 g/mol. The Kier molecular flexibility index (Phi) is 5.01.